The van der Waals surface area contributed by atoms with Gasteiger partial charge in [0.1, 0.15) is 5.69 Å². The molecule has 90 valence electrons. The average molecular weight is 229 g/mol. The van der Waals surface area contributed by atoms with Gasteiger partial charge in [-0.05, 0) is 37.0 Å². The predicted molar refractivity (Wildman–Crippen MR) is 70.5 cm³/mol. The summed E-state index contributed by atoms with van der Waals surface area (Å²) in [5, 5.41) is 0. The van der Waals surface area contributed by atoms with Crippen molar-refractivity contribution in [3.05, 3.63) is 47.3 Å². The van der Waals surface area contributed by atoms with E-state index in [4.69, 9.17) is 0 Å². The van der Waals surface area contributed by atoms with Crippen LogP contribution < -0.4 is 4.68 Å². The van der Waals surface area contributed by atoms with E-state index >= 15 is 0 Å². The Morgan fingerprint density at radius 3 is 2.41 bits per heavy atom. The van der Waals surface area contributed by atoms with E-state index < -0.39 is 0 Å². The third kappa shape index (κ3) is 2.12. The Hall–Kier alpha value is -1.57. The summed E-state index contributed by atoms with van der Waals surface area (Å²) in [6.45, 7) is 8.82. The Bertz CT molecular complexity index is 536. The molecule has 2 rings (SSSR count). The first-order valence-electron chi connectivity index (χ1n) is 6.15. The van der Waals surface area contributed by atoms with Crippen LogP contribution in [0.3, 0.4) is 0 Å². The zero-order valence-electron chi connectivity index (χ0n) is 11.4. The first-order chi connectivity index (χ1) is 8.00. The standard InChI is InChI=1S/C15H21N2/c1-11(2)14-7-6-8-15(13(14)4)17-10-12(3)9-16(17)5/h6-11H,1-5H3/q+1. The van der Waals surface area contributed by atoms with Crippen molar-refractivity contribution in [2.45, 2.75) is 33.6 Å². The van der Waals surface area contributed by atoms with Gasteiger partial charge in [-0.15, -0.1) is 9.36 Å². The molecule has 0 bridgehead atoms. The fourth-order valence-electron chi connectivity index (χ4n) is 2.43. The Morgan fingerprint density at radius 2 is 1.88 bits per heavy atom. The second-order valence-corrected chi connectivity index (χ2v) is 5.07. The van der Waals surface area contributed by atoms with E-state index in [1.807, 2.05) is 0 Å². The number of aromatic nitrogens is 2. The van der Waals surface area contributed by atoms with Gasteiger partial charge in [0.25, 0.3) is 0 Å². The molecule has 0 unspecified atom stereocenters. The molecule has 0 N–H and O–H groups in total. The van der Waals surface area contributed by atoms with Gasteiger partial charge in [0.05, 0.1) is 6.20 Å². The number of benzene rings is 1. The average Bonchev–Trinajstić information content (AvgIpc) is 2.57. The van der Waals surface area contributed by atoms with Crippen molar-refractivity contribution in [3.63, 3.8) is 0 Å². The summed E-state index contributed by atoms with van der Waals surface area (Å²) in [6, 6.07) is 6.55. The molecule has 2 heteroatoms. The van der Waals surface area contributed by atoms with Gasteiger partial charge in [-0.2, -0.15) is 0 Å². The zero-order valence-corrected chi connectivity index (χ0v) is 11.4. The maximum atomic E-state index is 2.24. The van der Waals surface area contributed by atoms with Crippen molar-refractivity contribution in [2.75, 3.05) is 0 Å². The molecule has 17 heavy (non-hydrogen) atoms. The monoisotopic (exact) mass is 229 g/mol. The highest BCUT2D eigenvalue weighted by molar-refractivity contribution is 5.45. The molecule has 0 amide bonds. The maximum absolute atomic E-state index is 2.24. The SMILES string of the molecule is Cc1cn(-c2cccc(C(C)C)c2C)[n+](C)c1. The third-order valence-electron chi connectivity index (χ3n) is 3.27. The third-order valence-corrected chi connectivity index (χ3v) is 3.27. The van der Waals surface area contributed by atoms with Crippen LogP contribution in [0.4, 0.5) is 0 Å². The van der Waals surface area contributed by atoms with Gasteiger partial charge < -0.3 is 0 Å². The number of nitrogens with zero attached hydrogens (tertiary/aromatic N) is 2. The van der Waals surface area contributed by atoms with E-state index in [0.29, 0.717) is 5.92 Å². The minimum absolute atomic E-state index is 0.567. The molecule has 0 saturated heterocycles. The van der Waals surface area contributed by atoms with Crippen LogP contribution in [0, 0.1) is 13.8 Å². The predicted octanol–water partition coefficient (Wildman–Crippen LogP) is 3.04. The van der Waals surface area contributed by atoms with Crippen molar-refractivity contribution in [1.29, 1.82) is 0 Å². The van der Waals surface area contributed by atoms with Crippen LogP contribution in [0.1, 0.15) is 36.5 Å². The Labute approximate surface area is 103 Å². The van der Waals surface area contributed by atoms with Crippen molar-refractivity contribution >= 4 is 0 Å². The molecule has 0 aliphatic rings. The van der Waals surface area contributed by atoms with Gasteiger partial charge >= 0.3 is 0 Å². The number of hydrogen-bond acceptors (Lipinski definition) is 0. The number of rotatable bonds is 2. The van der Waals surface area contributed by atoms with Crippen LogP contribution in [-0.2, 0) is 7.05 Å². The molecule has 0 aliphatic carbocycles. The summed E-state index contributed by atoms with van der Waals surface area (Å²) in [4.78, 5) is 0. The first kappa shape index (κ1) is 11.9. The van der Waals surface area contributed by atoms with Crippen LogP contribution in [-0.4, -0.2) is 4.68 Å². The quantitative estimate of drug-likeness (QED) is 0.700. The van der Waals surface area contributed by atoms with Gasteiger partial charge in [0, 0.05) is 5.56 Å². The molecule has 1 heterocycles. The van der Waals surface area contributed by atoms with Crippen LogP contribution in [0.15, 0.2) is 30.6 Å². The number of hydrogen-bond donors (Lipinski definition) is 0. The summed E-state index contributed by atoms with van der Waals surface area (Å²) in [6.07, 6.45) is 4.31. The molecule has 1 aromatic carbocycles. The van der Waals surface area contributed by atoms with Crippen LogP contribution >= 0.6 is 0 Å². The summed E-state index contributed by atoms with van der Waals surface area (Å²) in [7, 11) is 2.08. The highest BCUT2D eigenvalue weighted by Crippen LogP contribution is 2.23. The van der Waals surface area contributed by atoms with Crippen molar-refractivity contribution < 1.29 is 4.68 Å². The van der Waals surface area contributed by atoms with Crippen molar-refractivity contribution in [2.24, 2.45) is 7.05 Å². The molecular weight excluding hydrogens is 208 g/mol. The highest BCUT2D eigenvalue weighted by atomic mass is 15.4. The minimum Gasteiger partial charge on any atom is -0.128 e. The van der Waals surface area contributed by atoms with E-state index in [-0.39, 0.29) is 0 Å². The van der Waals surface area contributed by atoms with Gasteiger partial charge in [0.2, 0.25) is 0 Å². The van der Waals surface area contributed by atoms with E-state index in [1.54, 1.807) is 0 Å². The Morgan fingerprint density at radius 1 is 1.18 bits per heavy atom. The highest BCUT2D eigenvalue weighted by Gasteiger charge is 2.14. The fraction of sp³-hybridized carbons (Fsp3) is 0.400. The molecule has 2 aromatic rings. The first-order valence-corrected chi connectivity index (χ1v) is 6.15. The molecule has 0 fully saturated rings. The summed E-state index contributed by atoms with van der Waals surface area (Å²) in [5.41, 5.74) is 5.34. The van der Waals surface area contributed by atoms with Crippen molar-refractivity contribution in [1.82, 2.24) is 4.68 Å². The number of aryl methyl sites for hydroxylation is 2. The smallest absolute Gasteiger partial charge is 0.128 e. The lowest BCUT2D eigenvalue weighted by atomic mass is 9.97. The normalized spacial score (nSPS) is 11.2. The lowest BCUT2D eigenvalue weighted by Crippen LogP contribution is -2.37. The van der Waals surface area contributed by atoms with Gasteiger partial charge in [-0.3, -0.25) is 0 Å². The van der Waals surface area contributed by atoms with Crippen LogP contribution in [0.2, 0.25) is 0 Å². The van der Waals surface area contributed by atoms with E-state index in [0.717, 1.165) is 0 Å². The van der Waals surface area contributed by atoms with Crippen LogP contribution in [0.5, 0.6) is 0 Å². The van der Waals surface area contributed by atoms with Gasteiger partial charge in [0.15, 0.2) is 13.2 Å². The molecule has 0 aliphatic heterocycles. The minimum atomic E-state index is 0.567. The zero-order chi connectivity index (χ0) is 12.6. The van der Waals surface area contributed by atoms with E-state index in [9.17, 15) is 0 Å². The second kappa shape index (κ2) is 4.36. The summed E-state index contributed by atoms with van der Waals surface area (Å²) < 4.78 is 4.33. The van der Waals surface area contributed by atoms with Gasteiger partial charge in [-0.25, -0.2) is 0 Å². The van der Waals surface area contributed by atoms with Crippen molar-refractivity contribution in [3.8, 4) is 5.69 Å². The Kier molecular flexibility index (Phi) is 3.05. The molecule has 0 atom stereocenters. The summed E-state index contributed by atoms with van der Waals surface area (Å²) in [5.74, 6) is 0.567. The molecule has 0 radical (unpaired) electrons. The molecule has 1 aromatic heterocycles. The largest absolute Gasteiger partial charge is 0.198 e. The van der Waals surface area contributed by atoms with Gasteiger partial charge in [-0.1, -0.05) is 26.0 Å². The lowest BCUT2D eigenvalue weighted by Gasteiger charge is -2.12. The molecule has 2 nitrogen and oxygen atoms in total. The topological polar surface area (TPSA) is 8.81 Å². The molecular formula is C15H21N2+. The molecule has 0 spiro atoms. The molecule has 0 saturated carbocycles. The summed E-state index contributed by atoms with van der Waals surface area (Å²) >= 11 is 0. The Balaban J connectivity index is 2.60. The van der Waals surface area contributed by atoms with E-state index in [1.165, 1.54) is 22.4 Å². The maximum Gasteiger partial charge on any atom is 0.198 e. The lowest BCUT2D eigenvalue weighted by molar-refractivity contribution is -0.744. The second-order valence-electron chi connectivity index (χ2n) is 5.07. The fourth-order valence-corrected chi connectivity index (χ4v) is 2.43. The van der Waals surface area contributed by atoms with Crippen LogP contribution in [0.25, 0.3) is 5.69 Å². The van der Waals surface area contributed by atoms with E-state index in [2.05, 4.69) is 74.7 Å².